The number of aromatic nitrogens is 1. The second-order valence-corrected chi connectivity index (χ2v) is 6.55. The van der Waals surface area contributed by atoms with Crippen LogP contribution in [0.1, 0.15) is 19.4 Å². The Morgan fingerprint density at radius 2 is 1.90 bits per heavy atom. The predicted molar refractivity (Wildman–Crippen MR) is 121 cm³/mol. The van der Waals surface area contributed by atoms with E-state index in [2.05, 4.69) is 15.6 Å². The number of benzene rings is 1. The minimum Gasteiger partial charge on any atom is -0.493 e. The highest BCUT2D eigenvalue weighted by Gasteiger charge is 2.17. The SMILES string of the molecule is COc1ccc(NC(=O)CNC(=O)[C@@H](N)C(C)C)cc1OCc1cccnc1.Cl.Cl. The molecule has 1 heterocycles. The molecule has 0 saturated carbocycles. The number of hydrogen-bond acceptors (Lipinski definition) is 6. The van der Waals surface area contributed by atoms with Gasteiger partial charge in [-0.05, 0) is 24.1 Å². The molecule has 1 aromatic carbocycles. The summed E-state index contributed by atoms with van der Waals surface area (Å²) in [4.78, 5) is 28.0. The molecule has 0 aliphatic heterocycles. The van der Waals surface area contributed by atoms with Crippen molar-refractivity contribution >= 4 is 42.3 Å². The number of carbonyl (C=O) groups is 2. The number of methoxy groups -OCH3 is 1. The first kappa shape index (κ1) is 27.5. The van der Waals surface area contributed by atoms with E-state index in [4.69, 9.17) is 15.2 Å². The van der Waals surface area contributed by atoms with E-state index in [-0.39, 0.29) is 49.1 Å². The lowest BCUT2D eigenvalue weighted by molar-refractivity contribution is -0.125. The van der Waals surface area contributed by atoms with Crippen molar-refractivity contribution < 1.29 is 19.1 Å². The van der Waals surface area contributed by atoms with Gasteiger partial charge in [-0.2, -0.15) is 0 Å². The molecule has 2 rings (SSSR count). The van der Waals surface area contributed by atoms with E-state index in [1.165, 1.54) is 7.11 Å². The number of pyridine rings is 1. The minimum absolute atomic E-state index is 0. The molecule has 4 N–H and O–H groups in total. The molecule has 0 saturated heterocycles. The number of ether oxygens (including phenoxy) is 2. The van der Waals surface area contributed by atoms with Crippen molar-refractivity contribution in [3.63, 3.8) is 0 Å². The molecule has 2 amide bonds. The van der Waals surface area contributed by atoms with Crippen molar-refractivity contribution in [2.24, 2.45) is 11.7 Å². The topological polar surface area (TPSA) is 116 Å². The molecular weight excluding hydrogens is 431 g/mol. The van der Waals surface area contributed by atoms with E-state index < -0.39 is 6.04 Å². The molecule has 0 radical (unpaired) electrons. The summed E-state index contributed by atoms with van der Waals surface area (Å²) in [5.74, 6) is 0.283. The van der Waals surface area contributed by atoms with E-state index in [1.807, 2.05) is 26.0 Å². The fraction of sp³-hybridized carbons (Fsp3) is 0.350. The van der Waals surface area contributed by atoms with Gasteiger partial charge in [-0.15, -0.1) is 24.8 Å². The first-order chi connectivity index (χ1) is 13.4. The van der Waals surface area contributed by atoms with Gasteiger partial charge in [0.05, 0.1) is 19.7 Å². The predicted octanol–water partition coefficient (Wildman–Crippen LogP) is 2.55. The summed E-state index contributed by atoms with van der Waals surface area (Å²) in [6, 6.07) is 8.12. The summed E-state index contributed by atoms with van der Waals surface area (Å²) in [6.45, 7) is 3.82. The Kier molecular flexibility index (Phi) is 12.5. The van der Waals surface area contributed by atoms with Gasteiger partial charge >= 0.3 is 0 Å². The van der Waals surface area contributed by atoms with Gasteiger partial charge in [0.15, 0.2) is 11.5 Å². The smallest absolute Gasteiger partial charge is 0.243 e. The summed E-state index contributed by atoms with van der Waals surface area (Å²) < 4.78 is 11.1. The van der Waals surface area contributed by atoms with Crippen molar-refractivity contribution in [2.75, 3.05) is 19.0 Å². The van der Waals surface area contributed by atoms with Crippen LogP contribution < -0.4 is 25.8 Å². The van der Waals surface area contributed by atoms with Gasteiger partial charge in [0.25, 0.3) is 0 Å². The van der Waals surface area contributed by atoms with Crippen LogP contribution in [0.3, 0.4) is 0 Å². The summed E-state index contributed by atoms with van der Waals surface area (Å²) in [5, 5.41) is 5.24. The lowest BCUT2D eigenvalue weighted by atomic mass is 10.1. The van der Waals surface area contributed by atoms with Crippen molar-refractivity contribution in [3.05, 3.63) is 48.3 Å². The van der Waals surface area contributed by atoms with Gasteiger partial charge in [0, 0.05) is 29.7 Å². The third-order valence-corrected chi connectivity index (χ3v) is 4.01. The monoisotopic (exact) mass is 458 g/mol. The second-order valence-electron chi connectivity index (χ2n) is 6.55. The molecule has 8 nitrogen and oxygen atoms in total. The van der Waals surface area contributed by atoms with Crippen molar-refractivity contribution in [1.29, 1.82) is 0 Å². The highest BCUT2D eigenvalue weighted by atomic mass is 35.5. The summed E-state index contributed by atoms with van der Waals surface area (Å²) in [6.07, 6.45) is 3.40. The third kappa shape index (κ3) is 8.44. The molecule has 0 fully saturated rings. The van der Waals surface area contributed by atoms with Crippen LogP contribution in [-0.2, 0) is 16.2 Å². The average molecular weight is 459 g/mol. The number of nitrogens with two attached hydrogens (primary N) is 1. The normalized spacial score (nSPS) is 10.8. The standard InChI is InChI=1S/C20H26N4O4.2ClH/c1-13(2)19(21)20(26)23-11-18(25)24-15-6-7-16(27-3)17(9-15)28-12-14-5-4-8-22-10-14;;/h4-10,13,19H,11-12,21H2,1-3H3,(H,23,26)(H,24,25);2*1H/t19-;;/m0../s1. The van der Waals surface area contributed by atoms with Gasteiger partial charge in [0.2, 0.25) is 11.8 Å². The number of carbonyl (C=O) groups excluding carboxylic acids is 2. The van der Waals surface area contributed by atoms with Crippen LogP contribution in [0.15, 0.2) is 42.7 Å². The molecule has 10 heteroatoms. The number of nitrogens with zero attached hydrogens (tertiary/aromatic N) is 1. The maximum Gasteiger partial charge on any atom is 0.243 e. The molecule has 0 unspecified atom stereocenters. The van der Waals surface area contributed by atoms with Crippen LogP contribution in [0.4, 0.5) is 5.69 Å². The number of amides is 2. The molecule has 2 aromatic rings. The zero-order valence-electron chi connectivity index (χ0n) is 17.1. The lowest BCUT2D eigenvalue weighted by Gasteiger charge is -2.15. The highest BCUT2D eigenvalue weighted by molar-refractivity contribution is 5.95. The number of nitrogens with one attached hydrogen (secondary N) is 2. The maximum absolute atomic E-state index is 12.1. The van der Waals surface area contributed by atoms with Crippen LogP contribution in [0.5, 0.6) is 11.5 Å². The van der Waals surface area contributed by atoms with Gasteiger partial charge in [-0.1, -0.05) is 19.9 Å². The highest BCUT2D eigenvalue weighted by Crippen LogP contribution is 2.30. The summed E-state index contributed by atoms with van der Waals surface area (Å²) in [7, 11) is 1.54. The van der Waals surface area contributed by atoms with Crippen LogP contribution in [-0.4, -0.2) is 36.5 Å². The van der Waals surface area contributed by atoms with Crippen molar-refractivity contribution in [1.82, 2.24) is 10.3 Å². The fourth-order valence-electron chi connectivity index (χ4n) is 2.31. The molecule has 30 heavy (non-hydrogen) atoms. The molecule has 166 valence electrons. The largest absolute Gasteiger partial charge is 0.493 e. The first-order valence-corrected chi connectivity index (χ1v) is 8.93. The summed E-state index contributed by atoms with van der Waals surface area (Å²) >= 11 is 0. The van der Waals surface area contributed by atoms with Crippen molar-refractivity contribution in [2.45, 2.75) is 26.5 Å². The molecule has 0 bridgehead atoms. The molecule has 0 spiro atoms. The van der Waals surface area contributed by atoms with E-state index in [0.29, 0.717) is 23.8 Å². The van der Waals surface area contributed by atoms with Gasteiger partial charge in [-0.25, -0.2) is 0 Å². The Labute approximate surface area is 188 Å². The third-order valence-electron chi connectivity index (χ3n) is 4.01. The molecule has 1 atom stereocenters. The molecule has 0 aliphatic carbocycles. The molecule has 1 aromatic heterocycles. The fourth-order valence-corrected chi connectivity index (χ4v) is 2.31. The van der Waals surface area contributed by atoms with E-state index in [9.17, 15) is 9.59 Å². The Bertz CT molecular complexity index is 807. The molecular formula is C20H28Cl2N4O4. The Morgan fingerprint density at radius 1 is 1.17 bits per heavy atom. The second kappa shape index (κ2) is 13.6. The van der Waals surface area contributed by atoms with Crippen LogP contribution in [0.2, 0.25) is 0 Å². The van der Waals surface area contributed by atoms with Crippen molar-refractivity contribution in [3.8, 4) is 11.5 Å². The Balaban J connectivity index is 0.00000420. The number of hydrogen-bond donors (Lipinski definition) is 3. The van der Waals surface area contributed by atoms with E-state index in [1.54, 1.807) is 30.6 Å². The quantitative estimate of drug-likeness (QED) is 0.531. The van der Waals surface area contributed by atoms with Crippen LogP contribution in [0.25, 0.3) is 0 Å². The van der Waals surface area contributed by atoms with Gasteiger partial charge in [-0.3, -0.25) is 14.6 Å². The van der Waals surface area contributed by atoms with E-state index in [0.717, 1.165) is 5.56 Å². The Hall–Kier alpha value is -2.55. The first-order valence-electron chi connectivity index (χ1n) is 8.93. The minimum atomic E-state index is -0.652. The summed E-state index contributed by atoms with van der Waals surface area (Å²) in [5.41, 5.74) is 7.18. The number of anilines is 1. The molecule has 0 aliphatic rings. The Morgan fingerprint density at radius 3 is 2.50 bits per heavy atom. The average Bonchev–Trinajstić information content (AvgIpc) is 2.70. The van der Waals surface area contributed by atoms with Gasteiger partial charge < -0.3 is 25.8 Å². The number of halogens is 2. The van der Waals surface area contributed by atoms with E-state index >= 15 is 0 Å². The van der Waals surface area contributed by atoms with Crippen LogP contribution in [0, 0.1) is 5.92 Å². The van der Waals surface area contributed by atoms with Crippen LogP contribution >= 0.6 is 24.8 Å². The lowest BCUT2D eigenvalue weighted by Crippen LogP contribution is -2.46. The maximum atomic E-state index is 12.1. The zero-order valence-corrected chi connectivity index (χ0v) is 18.7. The van der Waals surface area contributed by atoms with Gasteiger partial charge in [0.1, 0.15) is 6.61 Å². The zero-order chi connectivity index (χ0) is 20.5. The number of rotatable bonds is 9.